The van der Waals surface area contributed by atoms with Crippen molar-refractivity contribution in [3.8, 4) is 11.5 Å². The Morgan fingerprint density at radius 2 is 2.00 bits per heavy atom. The van der Waals surface area contributed by atoms with Crippen molar-refractivity contribution < 1.29 is 27.9 Å². The molecule has 0 aromatic heterocycles. The van der Waals surface area contributed by atoms with Crippen LogP contribution in [0.15, 0.2) is 36.4 Å². The molecule has 1 N–H and O–H groups in total. The average Bonchev–Trinajstić information content (AvgIpc) is 2.58. The van der Waals surface area contributed by atoms with Gasteiger partial charge in [-0.2, -0.15) is 8.78 Å². The van der Waals surface area contributed by atoms with Gasteiger partial charge in [-0.1, -0.05) is 17.7 Å². The van der Waals surface area contributed by atoms with Crippen LogP contribution < -0.4 is 14.8 Å². The number of benzene rings is 2. The summed E-state index contributed by atoms with van der Waals surface area (Å²) < 4.78 is 40.0. The van der Waals surface area contributed by atoms with Crippen LogP contribution in [0.4, 0.5) is 20.2 Å². The smallest absolute Gasteiger partial charge is 0.387 e. The molecule has 0 saturated carbocycles. The Morgan fingerprint density at radius 3 is 2.65 bits per heavy atom. The normalized spacial score (nSPS) is 10.7. The number of halogens is 3. The fourth-order valence-electron chi connectivity index (χ4n) is 2.18. The van der Waals surface area contributed by atoms with Crippen LogP contribution in [0.1, 0.15) is 5.56 Å². The third kappa shape index (κ3) is 5.17. The number of nitrogens with one attached hydrogen (secondary N) is 1. The van der Waals surface area contributed by atoms with E-state index < -0.39 is 11.5 Å². The number of alkyl halides is 2. The first-order chi connectivity index (χ1) is 12.4. The molecule has 0 radical (unpaired) electrons. The van der Waals surface area contributed by atoms with Crippen LogP contribution in [-0.2, 0) is 11.3 Å². The van der Waals surface area contributed by atoms with Crippen LogP contribution in [0.2, 0.25) is 5.02 Å². The zero-order valence-corrected chi connectivity index (χ0v) is 14.3. The molecule has 7 nitrogen and oxygen atoms in total. The Kier molecular flexibility index (Phi) is 6.93. The van der Waals surface area contributed by atoms with Gasteiger partial charge in [0.2, 0.25) is 0 Å². The average molecular weight is 389 g/mol. The summed E-state index contributed by atoms with van der Waals surface area (Å²) in [4.78, 5) is 10.5. The van der Waals surface area contributed by atoms with Gasteiger partial charge in [0.1, 0.15) is 17.2 Å². The van der Waals surface area contributed by atoms with Gasteiger partial charge in [0, 0.05) is 24.7 Å². The molecule has 26 heavy (non-hydrogen) atoms. The van der Waals surface area contributed by atoms with E-state index in [0.717, 1.165) is 0 Å². The Balaban J connectivity index is 2.32. The molecule has 2 aromatic rings. The monoisotopic (exact) mass is 388 g/mol. The highest BCUT2D eigenvalue weighted by Gasteiger charge is 2.18. The lowest BCUT2D eigenvalue weighted by atomic mass is 10.1. The minimum Gasteiger partial charge on any atom is -0.467 e. The fourth-order valence-corrected chi connectivity index (χ4v) is 2.35. The lowest BCUT2D eigenvalue weighted by molar-refractivity contribution is -0.384. The van der Waals surface area contributed by atoms with Crippen LogP contribution in [0.5, 0.6) is 11.5 Å². The topological polar surface area (TPSA) is 82.9 Å². The summed E-state index contributed by atoms with van der Waals surface area (Å²) in [5.74, 6) is 0.118. The molecule has 0 bridgehead atoms. The van der Waals surface area contributed by atoms with Gasteiger partial charge in [0.05, 0.1) is 10.5 Å². The molecular formula is C16H15ClF2N2O5. The number of nitrogens with zero attached hydrogens (tertiary/aromatic N) is 1. The van der Waals surface area contributed by atoms with Gasteiger partial charge in [0.15, 0.2) is 6.79 Å². The van der Waals surface area contributed by atoms with Crippen molar-refractivity contribution in [1.29, 1.82) is 0 Å². The Hall–Kier alpha value is -2.65. The minimum absolute atomic E-state index is 0.0802. The molecule has 0 amide bonds. The van der Waals surface area contributed by atoms with E-state index in [1.54, 1.807) is 6.07 Å². The SMILES string of the molecule is COCOc1cccc(OC(F)F)c1CNc1cc(Cl)ccc1[N+](=O)[O-]. The summed E-state index contributed by atoms with van der Waals surface area (Å²) in [7, 11) is 1.41. The largest absolute Gasteiger partial charge is 0.467 e. The Labute approximate surface area is 152 Å². The maximum Gasteiger partial charge on any atom is 0.387 e. The molecule has 0 aliphatic rings. The predicted molar refractivity (Wildman–Crippen MR) is 91.0 cm³/mol. The number of rotatable bonds is 9. The van der Waals surface area contributed by atoms with E-state index in [2.05, 4.69) is 10.1 Å². The second-order valence-electron chi connectivity index (χ2n) is 4.93. The van der Waals surface area contributed by atoms with Gasteiger partial charge in [-0.05, 0) is 24.3 Å². The van der Waals surface area contributed by atoms with E-state index in [9.17, 15) is 18.9 Å². The van der Waals surface area contributed by atoms with Gasteiger partial charge < -0.3 is 19.5 Å². The van der Waals surface area contributed by atoms with Gasteiger partial charge in [-0.25, -0.2) is 0 Å². The highest BCUT2D eigenvalue weighted by Crippen LogP contribution is 2.33. The molecule has 0 heterocycles. The molecule has 2 rings (SSSR count). The first-order valence-electron chi connectivity index (χ1n) is 7.28. The van der Waals surface area contributed by atoms with Gasteiger partial charge >= 0.3 is 6.61 Å². The number of methoxy groups -OCH3 is 1. The van der Waals surface area contributed by atoms with Crippen molar-refractivity contribution in [2.45, 2.75) is 13.2 Å². The molecular weight excluding hydrogens is 374 g/mol. The highest BCUT2D eigenvalue weighted by atomic mass is 35.5. The molecule has 2 aromatic carbocycles. The molecule has 140 valence electrons. The van der Waals surface area contributed by atoms with Crippen molar-refractivity contribution >= 4 is 23.0 Å². The van der Waals surface area contributed by atoms with Crippen molar-refractivity contribution in [3.63, 3.8) is 0 Å². The van der Waals surface area contributed by atoms with Crippen molar-refractivity contribution in [1.82, 2.24) is 0 Å². The van der Waals surface area contributed by atoms with Crippen LogP contribution >= 0.6 is 11.6 Å². The number of anilines is 1. The molecule has 0 unspecified atom stereocenters. The zero-order valence-electron chi connectivity index (χ0n) is 13.6. The summed E-state index contributed by atoms with van der Waals surface area (Å²) in [6.45, 7) is -3.22. The summed E-state index contributed by atoms with van der Waals surface area (Å²) in [5.41, 5.74) is 0.173. The Bertz CT molecular complexity index is 776. The third-order valence-electron chi connectivity index (χ3n) is 3.25. The second kappa shape index (κ2) is 9.16. The third-order valence-corrected chi connectivity index (χ3v) is 3.48. The lowest BCUT2D eigenvalue weighted by Gasteiger charge is -2.16. The van der Waals surface area contributed by atoms with E-state index in [0.29, 0.717) is 0 Å². The lowest BCUT2D eigenvalue weighted by Crippen LogP contribution is -2.10. The van der Waals surface area contributed by atoms with Crippen LogP contribution in [-0.4, -0.2) is 25.4 Å². The number of hydrogen-bond donors (Lipinski definition) is 1. The van der Waals surface area contributed by atoms with Gasteiger partial charge in [-0.3, -0.25) is 10.1 Å². The molecule has 0 aliphatic carbocycles. The molecule has 0 saturated heterocycles. The van der Waals surface area contributed by atoms with E-state index in [4.69, 9.17) is 21.1 Å². The number of nitro benzene ring substituents is 1. The van der Waals surface area contributed by atoms with E-state index in [1.807, 2.05) is 0 Å². The summed E-state index contributed by atoms with van der Waals surface area (Å²) >= 11 is 5.88. The molecule has 0 fully saturated rings. The fraction of sp³-hybridized carbons (Fsp3) is 0.250. The molecule has 0 aliphatic heterocycles. The van der Waals surface area contributed by atoms with Crippen molar-refractivity contribution in [2.24, 2.45) is 0 Å². The second-order valence-corrected chi connectivity index (χ2v) is 5.37. The molecule has 0 spiro atoms. The molecule has 10 heteroatoms. The summed E-state index contributed by atoms with van der Waals surface area (Å²) in [5, 5.41) is 14.2. The number of nitro groups is 1. The predicted octanol–water partition coefficient (Wildman–Crippen LogP) is 4.44. The van der Waals surface area contributed by atoms with Crippen molar-refractivity contribution in [2.75, 3.05) is 19.2 Å². The highest BCUT2D eigenvalue weighted by molar-refractivity contribution is 6.31. The first-order valence-corrected chi connectivity index (χ1v) is 7.66. The van der Waals surface area contributed by atoms with Gasteiger partial charge in [-0.15, -0.1) is 0 Å². The van der Waals surface area contributed by atoms with E-state index >= 15 is 0 Å². The summed E-state index contributed by atoms with van der Waals surface area (Å²) in [6, 6.07) is 8.36. The number of ether oxygens (including phenoxy) is 3. The number of hydrogen-bond acceptors (Lipinski definition) is 6. The maximum atomic E-state index is 12.7. The Morgan fingerprint density at radius 1 is 1.27 bits per heavy atom. The van der Waals surface area contributed by atoms with E-state index in [1.165, 1.54) is 37.4 Å². The van der Waals surface area contributed by atoms with Gasteiger partial charge in [0.25, 0.3) is 5.69 Å². The quantitative estimate of drug-likeness (QED) is 0.388. The maximum absolute atomic E-state index is 12.7. The minimum atomic E-state index is -3.04. The van der Waals surface area contributed by atoms with Crippen LogP contribution in [0, 0.1) is 10.1 Å². The first kappa shape index (κ1) is 19.7. The van der Waals surface area contributed by atoms with Crippen molar-refractivity contribution in [3.05, 3.63) is 57.1 Å². The van der Waals surface area contributed by atoms with Crippen LogP contribution in [0.25, 0.3) is 0 Å². The van der Waals surface area contributed by atoms with Crippen LogP contribution in [0.3, 0.4) is 0 Å². The standard InChI is InChI=1S/C16H15ClF2N2O5/c1-24-9-25-14-3-2-4-15(26-16(18)19)11(14)8-20-12-7-10(17)5-6-13(12)21(22)23/h2-7,16,20H,8-9H2,1H3. The zero-order chi connectivity index (χ0) is 19.1. The van der Waals surface area contributed by atoms with E-state index in [-0.39, 0.29) is 46.8 Å². The summed E-state index contributed by atoms with van der Waals surface area (Å²) in [6.07, 6.45) is 0. The molecule has 0 atom stereocenters.